The van der Waals surface area contributed by atoms with Gasteiger partial charge >= 0.3 is 0 Å². The number of nitrogens with zero attached hydrogens (tertiary/aromatic N) is 24. The van der Waals surface area contributed by atoms with E-state index in [9.17, 15) is 24.0 Å². The highest BCUT2D eigenvalue weighted by Gasteiger charge is 2.24. The fourth-order valence-electron chi connectivity index (χ4n) is 17.8. The van der Waals surface area contributed by atoms with Crippen LogP contribution in [0.25, 0.3) is 150 Å². The van der Waals surface area contributed by atoms with Gasteiger partial charge in [0.1, 0.15) is 27.9 Å². The number of oxazole rings is 3. The average Bonchev–Trinajstić information content (AvgIpc) is 1.14. The minimum absolute atomic E-state index is 0.0758. The van der Waals surface area contributed by atoms with Crippen LogP contribution in [0.3, 0.4) is 0 Å². The van der Waals surface area contributed by atoms with Crippen molar-refractivity contribution in [2.75, 3.05) is 97.0 Å². The number of benzene rings is 4. The Labute approximate surface area is 790 Å². The van der Waals surface area contributed by atoms with E-state index in [2.05, 4.69) is 144 Å². The Morgan fingerprint density at radius 3 is 1.36 bits per heavy atom. The molecule has 0 radical (unpaired) electrons. The second kappa shape index (κ2) is 38.1. The summed E-state index contributed by atoms with van der Waals surface area (Å²) in [4.78, 5) is 134. The highest BCUT2D eigenvalue weighted by molar-refractivity contribution is 7.18. The third-order valence-corrected chi connectivity index (χ3v) is 26.1. The maximum atomic E-state index is 12.8. The molecular formula is C102H95N27O8S. The number of fused-ring (bicyclic) bond motifs is 10. The highest BCUT2D eigenvalue weighted by atomic mass is 32.1. The molecular weight excluding hydrogens is 1760 g/mol. The van der Waals surface area contributed by atoms with Crippen LogP contribution in [0.15, 0.2) is 245 Å². The molecule has 0 bridgehead atoms. The summed E-state index contributed by atoms with van der Waals surface area (Å²) in [6.45, 7) is 23.9. The van der Waals surface area contributed by atoms with Crippen molar-refractivity contribution in [3.8, 4) is 56.4 Å². The smallest absolute Gasteiger partial charge is 0.258 e. The lowest BCUT2D eigenvalue weighted by atomic mass is 9.95. The number of nitrogens with one attached hydrogen (secondary N) is 3. The summed E-state index contributed by atoms with van der Waals surface area (Å²) >= 11 is 1.65. The predicted molar refractivity (Wildman–Crippen MR) is 532 cm³/mol. The van der Waals surface area contributed by atoms with Crippen LogP contribution in [0.5, 0.6) is 0 Å². The van der Waals surface area contributed by atoms with Gasteiger partial charge in [0, 0.05) is 169 Å². The first kappa shape index (κ1) is 88.7. The molecule has 5 aliphatic rings. The quantitative estimate of drug-likeness (QED) is 0.108. The van der Waals surface area contributed by atoms with Gasteiger partial charge in [-0.25, -0.2) is 49.4 Å². The van der Waals surface area contributed by atoms with Gasteiger partial charge in [0.15, 0.2) is 57.0 Å². The van der Waals surface area contributed by atoms with Crippen LogP contribution >= 0.6 is 11.3 Å². The van der Waals surface area contributed by atoms with Crippen LogP contribution in [-0.4, -0.2) is 203 Å². The Morgan fingerprint density at radius 1 is 0.391 bits per heavy atom. The van der Waals surface area contributed by atoms with Gasteiger partial charge in [-0.15, -0.1) is 11.3 Å². The number of rotatable bonds is 11. The summed E-state index contributed by atoms with van der Waals surface area (Å²) in [5.74, 6) is 2.23. The van der Waals surface area contributed by atoms with Crippen LogP contribution < -0.4 is 48.6 Å². The molecule has 20 aromatic rings. The second-order valence-electron chi connectivity index (χ2n) is 34.7. The van der Waals surface area contributed by atoms with Gasteiger partial charge in [0.2, 0.25) is 0 Å². The molecule has 36 heteroatoms. The summed E-state index contributed by atoms with van der Waals surface area (Å²) in [6, 6.07) is 36.5. The topological polar surface area (TPSA) is 390 Å². The molecule has 21 heterocycles. The molecule has 0 aliphatic carbocycles. The minimum Gasteiger partial charge on any atom is -0.441 e. The molecule has 35 nitrogen and oxygen atoms in total. The fourth-order valence-corrected chi connectivity index (χ4v) is 18.7. The first-order valence-corrected chi connectivity index (χ1v) is 46.8. The van der Waals surface area contributed by atoms with E-state index in [4.69, 9.17) is 13.3 Å². The molecule has 5 aliphatic heterocycles. The van der Waals surface area contributed by atoms with Crippen LogP contribution in [-0.2, 0) is 0 Å². The zero-order valence-electron chi connectivity index (χ0n) is 76.8. The zero-order valence-corrected chi connectivity index (χ0v) is 77.7. The van der Waals surface area contributed by atoms with Gasteiger partial charge in [0.25, 0.3) is 27.8 Å². The van der Waals surface area contributed by atoms with Crippen molar-refractivity contribution >= 4 is 111 Å². The van der Waals surface area contributed by atoms with Crippen LogP contribution in [0.1, 0.15) is 96.1 Å². The molecule has 16 aromatic heterocycles. The molecule has 0 saturated carbocycles. The largest absolute Gasteiger partial charge is 0.441 e. The average molecular weight is 1860 g/mol. The van der Waals surface area contributed by atoms with Gasteiger partial charge in [-0.05, 0) is 163 Å². The maximum Gasteiger partial charge on any atom is 0.258 e. The highest BCUT2D eigenvalue weighted by Crippen LogP contribution is 2.33. The van der Waals surface area contributed by atoms with Gasteiger partial charge in [-0.2, -0.15) is 5.10 Å². The number of piperazine rings is 1. The lowest BCUT2D eigenvalue weighted by Crippen LogP contribution is -2.43. The number of likely N-dealkylation sites (N-methyl/N-ethyl adjacent to an activating group) is 2. The van der Waals surface area contributed by atoms with Crippen molar-refractivity contribution in [2.24, 2.45) is 0 Å². The number of thiazole rings is 1. The molecule has 0 atom stereocenters. The summed E-state index contributed by atoms with van der Waals surface area (Å²) in [7, 11) is 2.09. The molecule has 692 valence electrons. The molecule has 2 fully saturated rings. The van der Waals surface area contributed by atoms with E-state index in [0.29, 0.717) is 103 Å². The number of hydrogen-bond donors (Lipinski definition) is 3. The van der Waals surface area contributed by atoms with Crippen molar-refractivity contribution in [1.82, 2.24) is 127 Å². The lowest BCUT2D eigenvalue weighted by Gasteiger charge is -2.29. The molecule has 0 spiro atoms. The monoisotopic (exact) mass is 1860 g/mol. The van der Waals surface area contributed by atoms with E-state index in [0.717, 1.165) is 216 Å². The Kier molecular flexibility index (Phi) is 24.5. The second-order valence-corrected chi connectivity index (χ2v) is 35.9. The van der Waals surface area contributed by atoms with Crippen molar-refractivity contribution < 1.29 is 13.3 Å². The fraction of sp³-hybridized carbons (Fsp3) is 0.255. The van der Waals surface area contributed by atoms with Crippen LogP contribution in [0, 0.1) is 34.6 Å². The van der Waals surface area contributed by atoms with E-state index in [1.165, 1.54) is 23.3 Å². The number of piperidine rings is 1. The zero-order chi connectivity index (χ0) is 94.3. The van der Waals surface area contributed by atoms with Gasteiger partial charge in [-0.1, -0.05) is 49.4 Å². The van der Waals surface area contributed by atoms with Crippen LogP contribution in [0.4, 0.5) is 5.69 Å². The standard InChI is InChI=1S/C22H21N5O2.C21H19N5O2.C20H17N5O2.C20H19N5OS.C19H19N7O/c1-3-26-8-6-15(7-9-26)19-13-27-21(12-23-19)25-18(11-22(27)28)16-4-5-17-20(10-16)29-14(2)24-17;1-13-23-16-4-3-15(9-19(16)28-13)17-10-21(27)26-12-18(22-11-20(26)24-17)14-5-7-25(2)8-6-14;2*1-12-23-15-3-2-14(8-18(15)27-12)16-9-20(26)25-11-17(22-10-19(25)24-16)13-4-6-21-7-5-13;1-13-11-26-15(10-21-13)8-17(23-26)16-9-19(27)25-12-14(2-3-18(25)22-16)24-6-4-20-5-7-24/h4-6,10-13H,3,7-9H2,1-2H3;3-5,9-12H,6-8H2,1-2H3;2-4,8-11,21H,5-7H2,1H3;2-3,8-11,13,21H,4-7H2,1H3;2-3,8-12,20H,4-7H2,1H3. The normalized spacial score (nSPS) is 15.1. The number of hydrogen-bond acceptors (Lipinski definition) is 30. The number of pyridine rings is 1. The van der Waals surface area contributed by atoms with Gasteiger partial charge in [0.05, 0.1) is 121 Å². The molecule has 4 aromatic carbocycles. The summed E-state index contributed by atoms with van der Waals surface area (Å²) < 4.78 is 27.5. The minimum atomic E-state index is -0.137. The SMILES string of the molecule is CCN1CC=C(c2cn3c(=O)cc(-c4ccc5nc(C)oc5c4)nc3cn2)CC1.Cc1cn2nc(-c3cc(=O)n4cc(N5CCNCC5)ccc4n3)cc2cn1.Cc1nc2ccc(-c3cc(=O)n4cc(C5=CCN(C)CC5)ncc4n3)cc2o1.Cc1nc2ccc(-c3cc(=O)n4cc(C5=CCNCC5)ncc4n3)cc2o1.Cc1nc2ccc(-c3cc(=O)n4cc(C5CCNCC5)ncc4n3)cc2s1. The molecule has 0 unspecified atom stereocenters. The Hall–Kier alpha value is -15.9. The van der Waals surface area contributed by atoms with Crippen molar-refractivity contribution in [3.63, 3.8) is 0 Å². The number of aryl methyl sites for hydroxylation is 5. The molecule has 25 rings (SSSR count). The Morgan fingerprint density at radius 2 is 0.862 bits per heavy atom. The third kappa shape index (κ3) is 18.9. The molecule has 2 saturated heterocycles. The molecule has 0 amide bonds. The number of aromatic nitrogens is 21. The predicted octanol–water partition coefficient (Wildman–Crippen LogP) is 13.1. The van der Waals surface area contributed by atoms with Crippen LogP contribution in [0.2, 0.25) is 0 Å². The van der Waals surface area contributed by atoms with E-state index in [-0.39, 0.29) is 27.8 Å². The van der Waals surface area contributed by atoms with Gasteiger partial charge < -0.3 is 39.0 Å². The van der Waals surface area contributed by atoms with E-state index in [1.54, 1.807) is 113 Å². The first-order valence-electron chi connectivity index (χ1n) is 46.0. The first-order chi connectivity index (χ1) is 67.2. The van der Waals surface area contributed by atoms with Crippen molar-refractivity contribution in [2.45, 2.75) is 79.6 Å². The Balaban J connectivity index is 0.000000103. The van der Waals surface area contributed by atoms with Crippen molar-refractivity contribution in [3.05, 3.63) is 311 Å². The van der Waals surface area contributed by atoms with E-state index >= 15 is 0 Å². The summed E-state index contributed by atoms with van der Waals surface area (Å²) in [5, 5.41) is 15.5. The molecule has 138 heavy (non-hydrogen) atoms. The Bertz CT molecular complexity index is 8490. The lowest BCUT2D eigenvalue weighted by molar-refractivity contribution is 0.318. The maximum absolute atomic E-state index is 12.8. The number of anilines is 1. The third-order valence-electron chi connectivity index (χ3n) is 25.2. The van der Waals surface area contributed by atoms with Gasteiger partial charge in [-0.3, -0.25) is 75.8 Å². The summed E-state index contributed by atoms with van der Waals surface area (Å²) in [5.41, 5.74) is 24.3. The van der Waals surface area contributed by atoms with E-state index in [1.807, 2.05) is 131 Å². The van der Waals surface area contributed by atoms with E-state index < -0.39 is 0 Å². The van der Waals surface area contributed by atoms with Crippen molar-refractivity contribution in [1.29, 1.82) is 0 Å². The molecule has 3 N–H and O–H groups in total. The summed E-state index contributed by atoms with van der Waals surface area (Å²) in [6.07, 6.45) is 30.7.